The molecular formula is C30H44N4O4. The van der Waals surface area contributed by atoms with Crippen LogP contribution in [0.2, 0.25) is 0 Å². The molecule has 0 aromatic heterocycles. The van der Waals surface area contributed by atoms with E-state index in [2.05, 4.69) is 29.7 Å². The summed E-state index contributed by atoms with van der Waals surface area (Å²) in [5.41, 5.74) is 8.12. The number of ketones is 1. The maximum Gasteiger partial charge on any atom is 0.249 e. The number of primary amides is 1. The van der Waals surface area contributed by atoms with Gasteiger partial charge in [-0.15, -0.1) is 0 Å². The number of piperazine rings is 1. The van der Waals surface area contributed by atoms with Gasteiger partial charge in [-0.05, 0) is 55.5 Å². The first-order valence-corrected chi connectivity index (χ1v) is 14.8. The van der Waals surface area contributed by atoms with E-state index in [1.807, 2.05) is 17.0 Å². The molecule has 4 aliphatic rings. The predicted octanol–water partition coefficient (Wildman–Crippen LogP) is 3.19. The molecule has 0 spiro atoms. The van der Waals surface area contributed by atoms with Crippen LogP contribution in [0.25, 0.3) is 0 Å². The van der Waals surface area contributed by atoms with Crippen LogP contribution < -0.4 is 10.6 Å². The first kappa shape index (κ1) is 27.1. The number of hydrogen-bond acceptors (Lipinski definition) is 6. The molecule has 0 unspecified atom stereocenters. The highest BCUT2D eigenvalue weighted by molar-refractivity contribution is 5.99. The lowest BCUT2D eigenvalue weighted by Crippen LogP contribution is -2.47. The Morgan fingerprint density at radius 3 is 2.47 bits per heavy atom. The number of nitrogens with two attached hydrogens (primary N) is 1. The van der Waals surface area contributed by atoms with Gasteiger partial charge in [0.05, 0.1) is 12.0 Å². The van der Waals surface area contributed by atoms with Gasteiger partial charge in [-0.1, -0.05) is 39.5 Å². The number of hydrogen-bond donors (Lipinski definition) is 1. The fourth-order valence-corrected chi connectivity index (χ4v) is 7.39. The van der Waals surface area contributed by atoms with E-state index in [9.17, 15) is 14.4 Å². The van der Waals surface area contributed by atoms with Crippen molar-refractivity contribution in [2.75, 3.05) is 50.8 Å². The van der Waals surface area contributed by atoms with E-state index in [0.717, 1.165) is 82.5 Å². The van der Waals surface area contributed by atoms with Crippen LogP contribution in [0, 0.1) is 11.8 Å². The van der Waals surface area contributed by atoms with Gasteiger partial charge in [-0.3, -0.25) is 14.4 Å². The molecule has 5 rings (SSSR count). The summed E-state index contributed by atoms with van der Waals surface area (Å²) in [5, 5.41) is 0. The molecule has 3 saturated heterocycles. The zero-order chi connectivity index (χ0) is 26.8. The quantitative estimate of drug-likeness (QED) is 0.561. The molecule has 1 saturated carbocycles. The molecule has 4 atom stereocenters. The summed E-state index contributed by atoms with van der Waals surface area (Å²) in [6.07, 6.45) is 6.90. The van der Waals surface area contributed by atoms with Crippen LogP contribution in [-0.4, -0.2) is 85.4 Å². The fourth-order valence-electron chi connectivity index (χ4n) is 7.39. The molecule has 8 heteroatoms. The molecule has 2 N–H and O–H groups in total. The summed E-state index contributed by atoms with van der Waals surface area (Å²) in [7, 11) is 0. The number of Topliss-reactive ketones (excluding diaryl/α,β-unsaturated/α-hetero) is 1. The van der Waals surface area contributed by atoms with Crippen LogP contribution >= 0.6 is 0 Å². The van der Waals surface area contributed by atoms with Gasteiger partial charge in [-0.2, -0.15) is 0 Å². The number of rotatable bonds is 8. The van der Waals surface area contributed by atoms with Gasteiger partial charge in [0.2, 0.25) is 11.8 Å². The molecule has 4 fully saturated rings. The van der Waals surface area contributed by atoms with Crippen molar-refractivity contribution in [2.45, 2.75) is 76.9 Å². The Morgan fingerprint density at radius 2 is 1.82 bits per heavy atom. The van der Waals surface area contributed by atoms with Crippen LogP contribution in [0.5, 0.6) is 0 Å². The molecule has 1 aliphatic carbocycles. The van der Waals surface area contributed by atoms with Crippen LogP contribution in [0.3, 0.4) is 0 Å². The minimum absolute atomic E-state index is 0.00187. The highest BCUT2D eigenvalue weighted by Crippen LogP contribution is 2.43. The van der Waals surface area contributed by atoms with E-state index in [-0.39, 0.29) is 36.2 Å². The van der Waals surface area contributed by atoms with Gasteiger partial charge in [0.15, 0.2) is 5.78 Å². The minimum atomic E-state index is -0.507. The van der Waals surface area contributed by atoms with Crippen molar-refractivity contribution in [3.05, 3.63) is 29.3 Å². The Labute approximate surface area is 226 Å². The maximum absolute atomic E-state index is 14.6. The standard InChI is InChI=1S/C30H44N4O4/c1-3-8-21-18-34(27-25(35)19-38-28(21)27)30(37)26(20-9-6-5-7-10-20)24-17-22(11-12-23(24)29(31)36)33-15-13-32(4-2)14-16-33/h11-12,17,20-21,26-28H,3-10,13-16,18-19H2,1-2H3,(H2,31,36)/t21-,26-,27+,28+/m0/s1. The van der Waals surface area contributed by atoms with Crippen molar-refractivity contribution in [3.8, 4) is 0 Å². The third-order valence-corrected chi connectivity index (χ3v) is 9.44. The summed E-state index contributed by atoms with van der Waals surface area (Å²) in [6, 6.07) is 5.35. The van der Waals surface area contributed by atoms with Crippen molar-refractivity contribution in [3.63, 3.8) is 0 Å². The number of ether oxygens (including phenoxy) is 1. The summed E-state index contributed by atoms with van der Waals surface area (Å²) in [5.74, 6) is -0.711. The second-order valence-electron chi connectivity index (χ2n) is 11.7. The number of carbonyl (C=O) groups is 3. The molecule has 3 aliphatic heterocycles. The third-order valence-electron chi connectivity index (χ3n) is 9.44. The minimum Gasteiger partial charge on any atom is -0.369 e. The van der Waals surface area contributed by atoms with Crippen LogP contribution in [-0.2, 0) is 14.3 Å². The Balaban J connectivity index is 1.52. The Bertz CT molecular complexity index is 1030. The van der Waals surface area contributed by atoms with Gasteiger partial charge in [0.25, 0.3) is 0 Å². The lowest BCUT2D eigenvalue weighted by molar-refractivity contribution is -0.139. The normalized spacial score (nSPS) is 27.5. The second-order valence-corrected chi connectivity index (χ2v) is 11.7. The molecule has 3 heterocycles. The summed E-state index contributed by atoms with van der Waals surface area (Å²) in [6.45, 7) is 9.78. The van der Waals surface area contributed by atoms with E-state index >= 15 is 0 Å². The third kappa shape index (κ3) is 5.22. The first-order valence-electron chi connectivity index (χ1n) is 14.8. The number of fused-ring (bicyclic) bond motifs is 1. The maximum atomic E-state index is 14.6. The molecule has 1 aromatic carbocycles. The lowest BCUT2D eigenvalue weighted by Gasteiger charge is -2.37. The van der Waals surface area contributed by atoms with E-state index in [0.29, 0.717) is 12.1 Å². The zero-order valence-electron chi connectivity index (χ0n) is 23.1. The van der Waals surface area contributed by atoms with Crippen molar-refractivity contribution < 1.29 is 19.1 Å². The first-order chi connectivity index (χ1) is 18.4. The Kier molecular flexibility index (Phi) is 8.38. The van der Waals surface area contributed by atoms with Gasteiger partial charge < -0.3 is 25.2 Å². The van der Waals surface area contributed by atoms with E-state index in [1.165, 1.54) is 6.42 Å². The largest absolute Gasteiger partial charge is 0.369 e. The van der Waals surface area contributed by atoms with Crippen molar-refractivity contribution >= 4 is 23.3 Å². The summed E-state index contributed by atoms with van der Waals surface area (Å²) >= 11 is 0. The molecule has 208 valence electrons. The monoisotopic (exact) mass is 524 g/mol. The van der Waals surface area contributed by atoms with E-state index < -0.39 is 17.9 Å². The molecule has 0 bridgehead atoms. The fraction of sp³-hybridized carbons (Fsp3) is 0.700. The molecule has 8 nitrogen and oxygen atoms in total. The Morgan fingerprint density at radius 1 is 1.08 bits per heavy atom. The van der Waals surface area contributed by atoms with Gasteiger partial charge in [0.1, 0.15) is 12.6 Å². The van der Waals surface area contributed by atoms with Crippen LogP contribution in [0.15, 0.2) is 18.2 Å². The smallest absolute Gasteiger partial charge is 0.249 e. The Hall–Kier alpha value is -2.45. The topological polar surface area (TPSA) is 96.2 Å². The molecule has 38 heavy (non-hydrogen) atoms. The highest BCUT2D eigenvalue weighted by atomic mass is 16.5. The highest BCUT2D eigenvalue weighted by Gasteiger charge is 2.53. The van der Waals surface area contributed by atoms with Gasteiger partial charge in [-0.25, -0.2) is 0 Å². The van der Waals surface area contributed by atoms with Crippen molar-refractivity contribution in [1.82, 2.24) is 9.80 Å². The molecule has 1 aromatic rings. The predicted molar refractivity (Wildman–Crippen MR) is 147 cm³/mol. The molecular weight excluding hydrogens is 480 g/mol. The number of likely N-dealkylation sites (N-methyl/N-ethyl adjacent to an activating group) is 1. The average Bonchev–Trinajstić information content (AvgIpc) is 3.50. The lowest BCUT2D eigenvalue weighted by atomic mass is 9.74. The zero-order valence-corrected chi connectivity index (χ0v) is 23.1. The van der Waals surface area contributed by atoms with Crippen LogP contribution in [0.4, 0.5) is 5.69 Å². The molecule has 2 amide bonds. The number of nitrogens with zero attached hydrogens (tertiary/aromatic N) is 3. The van der Waals surface area contributed by atoms with Gasteiger partial charge >= 0.3 is 0 Å². The number of benzene rings is 1. The second kappa shape index (κ2) is 11.7. The number of anilines is 1. The average molecular weight is 525 g/mol. The SMILES string of the molecule is CCC[C@H]1CN(C(=O)[C@H](c2cc(N3CCN(CC)CC3)ccc2C(N)=O)C2CCCCC2)[C@@H]2C(=O)CO[C@H]12. The number of likely N-dealkylation sites (tertiary alicyclic amines) is 1. The van der Waals surface area contributed by atoms with E-state index in [4.69, 9.17) is 10.5 Å². The van der Waals surface area contributed by atoms with Crippen LogP contribution in [0.1, 0.15) is 80.6 Å². The summed E-state index contributed by atoms with van der Waals surface area (Å²) in [4.78, 5) is 46.8. The van der Waals surface area contributed by atoms with Crippen molar-refractivity contribution in [1.29, 1.82) is 0 Å². The van der Waals surface area contributed by atoms with E-state index in [1.54, 1.807) is 0 Å². The van der Waals surface area contributed by atoms with Crippen molar-refractivity contribution in [2.24, 2.45) is 17.6 Å². The molecule has 0 radical (unpaired) electrons. The number of amides is 2. The summed E-state index contributed by atoms with van der Waals surface area (Å²) < 4.78 is 5.92. The number of carbonyl (C=O) groups excluding carboxylic acids is 3. The van der Waals surface area contributed by atoms with Gasteiger partial charge in [0, 0.05) is 49.9 Å².